The number of nitrogens with two attached hydrogens (primary N) is 1. The van der Waals surface area contributed by atoms with Crippen LogP contribution in [0, 0.1) is 5.41 Å². The second-order valence-corrected chi connectivity index (χ2v) is 8.10. The minimum atomic E-state index is -2.88. The van der Waals surface area contributed by atoms with Crippen molar-refractivity contribution in [2.75, 3.05) is 37.7 Å². The van der Waals surface area contributed by atoms with Gasteiger partial charge in [-0.05, 0) is 31.3 Å². The van der Waals surface area contributed by atoms with Crippen molar-refractivity contribution in [3.8, 4) is 0 Å². The van der Waals surface area contributed by atoms with E-state index in [1.807, 2.05) is 6.92 Å². The van der Waals surface area contributed by atoms with Gasteiger partial charge in [0.2, 0.25) is 0 Å². The second kappa shape index (κ2) is 8.12. The zero-order valence-electron chi connectivity index (χ0n) is 12.4. The van der Waals surface area contributed by atoms with Gasteiger partial charge in [-0.2, -0.15) is 0 Å². The highest BCUT2D eigenvalue weighted by atomic mass is 32.2. The zero-order valence-corrected chi connectivity index (χ0v) is 13.2. The van der Waals surface area contributed by atoms with E-state index in [1.165, 1.54) is 0 Å². The predicted molar refractivity (Wildman–Crippen MR) is 78.5 cm³/mol. The summed E-state index contributed by atoms with van der Waals surface area (Å²) in [4.78, 5) is 2.22. The molecule has 0 spiro atoms. The molecule has 0 rings (SSSR count). The lowest BCUT2D eigenvalue weighted by atomic mass is 9.93. The molecule has 0 aliphatic carbocycles. The summed E-state index contributed by atoms with van der Waals surface area (Å²) in [5, 5.41) is 0. The SMILES string of the molecule is CCCN(CCS(=O)(=O)CCC)CC(C)(C)CN. The van der Waals surface area contributed by atoms with Crippen molar-refractivity contribution in [1.82, 2.24) is 4.90 Å². The highest BCUT2D eigenvalue weighted by molar-refractivity contribution is 7.91. The van der Waals surface area contributed by atoms with Crippen LogP contribution in [-0.4, -0.2) is 51.0 Å². The molecule has 0 fully saturated rings. The monoisotopic (exact) mass is 278 g/mol. The van der Waals surface area contributed by atoms with Gasteiger partial charge in [-0.15, -0.1) is 0 Å². The number of nitrogens with zero attached hydrogens (tertiary/aromatic N) is 1. The topological polar surface area (TPSA) is 63.4 Å². The Bertz CT molecular complexity index is 313. The van der Waals surface area contributed by atoms with E-state index >= 15 is 0 Å². The minimum absolute atomic E-state index is 0.0453. The van der Waals surface area contributed by atoms with Gasteiger partial charge in [-0.25, -0.2) is 8.42 Å². The Morgan fingerprint density at radius 3 is 2.11 bits per heavy atom. The molecule has 0 unspecified atom stereocenters. The van der Waals surface area contributed by atoms with E-state index < -0.39 is 9.84 Å². The van der Waals surface area contributed by atoms with Crippen molar-refractivity contribution in [1.29, 1.82) is 0 Å². The molecule has 0 aromatic carbocycles. The normalized spacial score (nSPS) is 13.2. The molecular formula is C13H30N2O2S. The van der Waals surface area contributed by atoms with Gasteiger partial charge in [-0.1, -0.05) is 27.7 Å². The highest BCUT2D eigenvalue weighted by Crippen LogP contribution is 2.15. The molecule has 0 atom stereocenters. The molecule has 0 saturated carbocycles. The molecule has 0 radical (unpaired) electrons. The average Bonchev–Trinajstić information content (AvgIpc) is 2.26. The van der Waals surface area contributed by atoms with E-state index in [0.29, 0.717) is 25.3 Å². The first kappa shape index (κ1) is 17.9. The molecule has 0 amide bonds. The average molecular weight is 278 g/mol. The Hall–Kier alpha value is -0.130. The van der Waals surface area contributed by atoms with Crippen molar-refractivity contribution >= 4 is 9.84 Å². The van der Waals surface area contributed by atoms with Crippen molar-refractivity contribution in [3.05, 3.63) is 0 Å². The Morgan fingerprint density at radius 1 is 1.06 bits per heavy atom. The highest BCUT2D eigenvalue weighted by Gasteiger charge is 2.21. The first-order chi connectivity index (χ1) is 8.26. The van der Waals surface area contributed by atoms with E-state index in [4.69, 9.17) is 5.73 Å². The van der Waals surface area contributed by atoms with Gasteiger partial charge in [-0.3, -0.25) is 0 Å². The van der Waals surface area contributed by atoms with Gasteiger partial charge >= 0.3 is 0 Å². The van der Waals surface area contributed by atoms with Gasteiger partial charge < -0.3 is 10.6 Å². The maximum absolute atomic E-state index is 11.7. The van der Waals surface area contributed by atoms with Crippen molar-refractivity contribution in [2.45, 2.75) is 40.5 Å². The Labute approximate surface area is 113 Å². The lowest BCUT2D eigenvalue weighted by Crippen LogP contribution is -2.41. The summed E-state index contributed by atoms with van der Waals surface area (Å²) < 4.78 is 23.4. The van der Waals surface area contributed by atoms with Crippen LogP contribution in [0.3, 0.4) is 0 Å². The van der Waals surface area contributed by atoms with E-state index in [9.17, 15) is 8.42 Å². The molecular weight excluding hydrogens is 248 g/mol. The van der Waals surface area contributed by atoms with E-state index in [0.717, 1.165) is 19.5 Å². The fourth-order valence-corrected chi connectivity index (χ4v) is 3.30. The summed E-state index contributed by atoms with van der Waals surface area (Å²) in [6, 6.07) is 0. The molecule has 110 valence electrons. The molecule has 0 aromatic heterocycles. The van der Waals surface area contributed by atoms with Gasteiger partial charge in [0.25, 0.3) is 0 Å². The number of hydrogen-bond donors (Lipinski definition) is 1. The van der Waals surface area contributed by atoms with Gasteiger partial charge in [0, 0.05) is 18.8 Å². The molecule has 2 N–H and O–H groups in total. The standard InChI is InChI=1S/C13H30N2O2S/c1-5-7-15(12-13(3,4)11-14)8-10-18(16,17)9-6-2/h5-12,14H2,1-4H3. The van der Waals surface area contributed by atoms with Crippen LogP contribution < -0.4 is 5.73 Å². The lowest BCUT2D eigenvalue weighted by molar-refractivity contribution is 0.191. The summed E-state index contributed by atoms with van der Waals surface area (Å²) in [5.41, 5.74) is 5.78. The first-order valence-electron chi connectivity index (χ1n) is 6.89. The van der Waals surface area contributed by atoms with Gasteiger partial charge in [0.15, 0.2) is 9.84 Å². The van der Waals surface area contributed by atoms with Crippen LogP contribution >= 0.6 is 0 Å². The van der Waals surface area contributed by atoms with Crippen LogP contribution in [-0.2, 0) is 9.84 Å². The molecule has 5 heteroatoms. The van der Waals surface area contributed by atoms with Crippen LogP contribution in [0.5, 0.6) is 0 Å². The van der Waals surface area contributed by atoms with Gasteiger partial charge in [0.05, 0.1) is 5.75 Å². The fraction of sp³-hybridized carbons (Fsp3) is 1.00. The van der Waals surface area contributed by atoms with Crippen LogP contribution in [0.4, 0.5) is 0 Å². The maximum Gasteiger partial charge on any atom is 0.151 e. The molecule has 0 bridgehead atoms. The van der Waals surface area contributed by atoms with Crippen LogP contribution in [0.15, 0.2) is 0 Å². The van der Waals surface area contributed by atoms with Crippen LogP contribution in [0.25, 0.3) is 0 Å². The summed E-state index contributed by atoms with van der Waals surface area (Å²) >= 11 is 0. The fourth-order valence-electron chi connectivity index (χ4n) is 1.94. The van der Waals surface area contributed by atoms with Gasteiger partial charge in [0.1, 0.15) is 0 Å². The van der Waals surface area contributed by atoms with Crippen molar-refractivity contribution in [3.63, 3.8) is 0 Å². The number of rotatable bonds is 10. The van der Waals surface area contributed by atoms with Crippen molar-refractivity contribution in [2.24, 2.45) is 11.1 Å². The summed E-state index contributed by atoms with van der Waals surface area (Å²) in [6.07, 6.45) is 1.74. The van der Waals surface area contributed by atoms with Crippen LogP contribution in [0.1, 0.15) is 40.5 Å². The molecule has 0 saturated heterocycles. The lowest BCUT2D eigenvalue weighted by Gasteiger charge is -2.31. The molecule has 0 heterocycles. The number of sulfone groups is 1. The maximum atomic E-state index is 11.7. The predicted octanol–water partition coefficient (Wildman–Crippen LogP) is 1.51. The molecule has 0 aliphatic rings. The largest absolute Gasteiger partial charge is 0.330 e. The van der Waals surface area contributed by atoms with Crippen molar-refractivity contribution < 1.29 is 8.42 Å². The van der Waals surface area contributed by atoms with E-state index in [-0.39, 0.29) is 11.2 Å². The molecule has 4 nitrogen and oxygen atoms in total. The summed E-state index contributed by atoms with van der Waals surface area (Å²) in [7, 11) is -2.88. The third-order valence-electron chi connectivity index (χ3n) is 2.98. The first-order valence-corrected chi connectivity index (χ1v) is 8.71. The van der Waals surface area contributed by atoms with E-state index in [2.05, 4.69) is 25.7 Å². The third kappa shape index (κ3) is 8.06. The molecule has 18 heavy (non-hydrogen) atoms. The zero-order chi connectivity index (χ0) is 14.2. The van der Waals surface area contributed by atoms with Crippen LogP contribution in [0.2, 0.25) is 0 Å². The Kier molecular flexibility index (Phi) is 8.06. The quantitative estimate of drug-likeness (QED) is 0.658. The Balaban J connectivity index is 4.37. The third-order valence-corrected chi connectivity index (χ3v) is 4.81. The molecule has 0 aliphatic heterocycles. The smallest absolute Gasteiger partial charge is 0.151 e. The minimum Gasteiger partial charge on any atom is -0.330 e. The molecule has 0 aromatic rings. The summed E-state index contributed by atoms with van der Waals surface area (Å²) in [6.45, 7) is 11.3. The Morgan fingerprint density at radius 2 is 1.67 bits per heavy atom. The number of hydrogen-bond acceptors (Lipinski definition) is 4. The van der Waals surface area contributed by atoms with E-state index in [1.54, 1.807) is 0 Å². The second-order valence-electron chi connectivity index (χ2n) is 5.80. The summed E-state index contributed by atoms with van der Waals surface area (Å²) in [5.74, 6) is 0.564.